The van der Waals surface area contributed by atoms with Crippen molar-refractivity contribution in [2.24, 2.45) is 7.05 Å². The second-order valence-electron chi connectivity index (χ2n) is 5.99. The number of aromatic nitrogens is 5. The number of aryl methyl sites for hydroxylation is 2. The van der Waals surface area contributed by atoms with Gasteiger partial charge in [-0.1, -0.05) is 47.6 Å². The van der Waals surface area contributed by atoms with E-state index in [1.165, 1.54) is 0 Å². The molecule has 1 amide bonds. The fourth-order valence-corrected chi connectivity index (χ4v) is 2.84. The number of carbonyl (C=O) groups is 1. The van der Waals surface area contributed by atoms with Gasteiger partial charge in [0.05, 0.1) is 0 Å². The number of benzene rings is 2. The van der Waals surface area contributed by atoms with Gasteiger partial charge in [-0.05, 0) is 29.5 Å². The summed E-state index contributed by atoms with van der Waals surface area (Å²) in [7, 11) is 1.76. The van der Waals surface area contributed by atoms with Gasteiger partial charge in [0, 0.05) is 23.9 Å². The zero-order valence-electron chi connectivity index (χ0n) is 14.7. The van der Waals surface area contributed by atoms with E-state index in [9.17, 15) is 4.79 Å². The first-order chi connectivity index (χ1) is 13.1. The number of nitrogens with one attached hydrogen (secondary N) is 1. The van der Waals surface area contributed by atoms with Crippen LogP contribution in [0.5, 0.6) is 0 Å². The molecule has 4 aromatic rings. The Kier molecular flexibility index (Phi) is 4.21. The van der Waals surface area contributed by atoms with Crippen LogP contribution in [-0.2, 0) is 7.05 Å². The molecule has 1 N–H and O–H groups in total. The summed E-state index contributed by atoms with van der Waals surface area (Å²) in [6.45, 7) is 1.72. The van der Waals surface area contributed by atoms with E-state index in [0.29, 0.717) is 28.5 Å². The Morgan fingerprint density at radius 1 is 1.07 bits per heavy atom. The van der Waals surface area contributed by atoms with Crippen molar-refractivity contribution in [2.45, 2.75) is 6.92 Å². The van der Waals surface area contributed by atoms with Crippen LogP contribution in [0, 0.1) is 6.92 Å². The van der Waals surface area contributed by atoms with Gasteiger partial charge in [-0.15, -0.1) is 5.10 Å². The summed E-state index contributed by atoms with van der Waals surface area (Å²) in [5, 5.41) is 18.4. The van der Waals surface area contributed by atoms with Crippen molar-refractivity contribution >= 4 is 11.6 Å². The van der Waals surface area contributed by atoms with Gasteiger partial charge in [-0.25, -0.2) is 4.68 Å². The molecule has 0 spiro atoms. The molecule has 134 valence electrons. The lowest BCUT2D eigenvalue weighted by Crippen LogP contribution is -2.13. The Morgan fingerprint density at radius 2 is 1.85 bits per heavy atom. The second-order valence-corrected chi connectivity index (χ2v) is 5.99. The Labute approximate surface area is 154 Å². The summed E-state index contributed by atoms with van der Waals surface area (Å²) in [5.74, 6) is 0.776. The van der Waals surface area contributed by atoms with Crippen molar-refractivity contribution in [2.75, 3.05) is 5.32 Å². The minimum absolute atomic E-state index is 0.291. The van der Waals surface area contributed by atoms with E-state index in [4.69, 9.17) is 4.52 Å². The number of carbonyl (C=O) groups excluding carboxylic acids is 1. The Hall–Kier alpha value is -3.81. The number of rotatable bonds is 4. The predicted molar refractivity (Wildman–Crippen MR) is 98.9 cm³/mol. The van der Waals surface area contributed by atoms with Gasteiger partial charge < -0.3 is 9.84 Å². The highest BCUT2D eigenvalue weighted by atomic mass is 16.5. The van der Waals surface area contributed by atoms with Crippen LogP contribution >= 0.6 is 0 Å². The highest BCUT2D eigenvalue weighted by Gasteiger charge is 2.21. The van der Waals surface area contributed by atoms with Crippen LogP contribution in [-0.4, -0.2) is 31.3 Å². The largest absolute Gasteiger partial charge is 0.360 e. The standard InChI is InChI=1S/C19H16N6O2/c1-12-16(17(22-27-12)13-7-4-3-5-8-13)19(26)20-15-10-6-9-14(11-15)18-21-23-24-25(18)2/h3-11H,1-2H3,(H,20,26). The molecule has 8 nitrogen and oxygen atoms in total. The highest BCUT2D eigenvalue weighted by Crippen LogP contribution is 2.26. The quantitative estimate of drug-likeness (QED) is 0.600. The molecule has 0 bridgehead atoms. The van der Waals surface area contributed by atoms with Crippen LogP contribution in [0.15, 0.2) is 59.1 Å². The zero-order valence-corrected chi connectivity index (χ0v) is 14.7. The summed E-state index contributed by atoms with van der Waals surface area (Å²) in [5.41, 5.74) is 3.16. The summed E-state index contributed by atoms with van der Waals surface area (Å²) in [6.07, 6.45) is 0. The zero-order chi connectivity index (χ0) is 18.8. The van der Waals surface area contributed by atoms with Crippen LogP contribution in [0.3, 0.4) is 0 Å². The molecule has 0 fully saturated rings. The van der Waals surface area contributed by atoms with E-state index >= 15 is 0 Å². The van der Waals surface area contributed by atoms with Crippen molar-refractivity contribution in [1.29, 1.82) is 0 Å². The SMILES string of the molecule is Cc1onc(-c2ccccc2)c1C(=O)Nc1cccc(-c2nnnn2C)c1. The third-order valence-electron chi connectivity index (χ3n) is 4.14. The first-order valence-electron chi connectivity index (χ1n) is 8.29. The summed E-state index contributed by atoms with van der Waals surface area (Å²) < 4.78 is 6.83. The summed E-state index contributed by atoms with van der Waals surface area (Å²) in [6, 6.07) is 16.8. The fourth-order valence-electron chi connectivity index (χ4n) is 2.84. The molecule has 2 heterocycles. The van der Waals surface area contributed by atoms with E-state index in [0.717, 1.165) is 11.1 Å². The highest BCUT2D eigenvalue weighted by molar-refractivity contribution is 6.08. The number of tetrazole rings is 1. The maximum atomic E-state index is 12.9. The van der Waals surface area contributed by atoms with Crippen LogP contribution in [0.4, 0.5) is 5.69 Å². The molecule has 2 aromatic heterocycles. The normalized spacial score (nSPS) is 10.7. The van der Waals surface area contributed by atoms with Crippen molar-refractivity contribution in [1.82, 2.24) is 25.4 Å². The molecule has 8 heteroatoms. The minimum atomic E-state index is -0.291. The van der Waals surface area contributed by atoms with Gasteiger partial charge in [0.2, 0.25) is 0 Å². The maximum absolute atomic E-state index is 12.9. The van der Waals surface area contributed by atoms with Crippen LogP contribution in [0.2, 0.25) is 0 Å². The van der Waals surface area contributed by atoms with Crippen molar-refractivity contribution < 1.29 is 9.32 Å². The second kappa shape index (κ2) is 6.83. The smallest absolute Gasteiger partial charge is 0.261 e. The number of nitrogens with zero attached hydrogens (tertiary/aromatic N) is 5. The third kappa shape index (κ3) is 3.20. The number of hydrogen-bond acceptors (Lipinski definition) is 6. The third-order valence-corrected chi connectivity index (χ3v) is 4.14. The van der Waals surface area contributed by atoms with E-state index in [-0.39, 0.29) is 5.91 Å². The molecule has 2 aromatic carbocycles. The molecule has 4 rings (SSSR count). The van der Waals surface area contributed by atoms with Gasteiger partial charge >= 0.3 is 0 Å². The molecule has 27 heavy (non-hydrogen) atoms. The van der Waals surface area contributed by atoms with Crippen LogP contribution in [0.1, 0.15) is 16.1 Å². The topological polar surface area (TPSA) is 98.7 Å². The predicted octanol–water partition coefficient (Wildman–Crippen LogP) is 3.09. The number of hydrogen-bond donors (Lipinski definition) is 1. The molecule has 0 aliphatic rings. The van der Waals surface area contributed by atoms with Crippen LogP contribution in [0.25, 0.3) is 22.6 Å². The molecular formula is C19H16N6O2. The Balaban J connectivity index is 1.65. The van der Waals surface area contributed by atoms with Gasteiger partial charge in [0.25, 0.3) is 5.91 Å². The lowest BCUT2D eigenvalue weighted by Gasteiger charge is -2.07. The summed E-state index contributed by atoms with van der Waals surface area (Å²) in [4.78, 5) is 12.9. The summed E-state index contributed by atoms with van der Waals surface area (Å²) >= 11 is 0. The lowest BCUT2D eigenvalue weighted by atomic mass is 10.1. The first-order valence-corrected chi connectivity index (χ1v) is 8.29. The fraction of sp³-hybridized carbons (Fsp3) is 0.105. The van der Waals surface area contributed by atoms with E-state index < -0.39 is 0 Å². The monoisotopic (exact) mass is 360 g/mol. The molecule has 0 saturated carbocycles. The van der Waals surface area contributed by atoms with E-state index in [1.54, 1.807) is 24.7 Å². The molecule has 0 atom stereocenters. The van der Waals surface area contributed by atoms with Gasteiger partial charge in [-0.3, -0.25) is 4.79 Å². The Morgan fingerprint density at radius 3 is 2.59 bits per heavy atom. The van der Waals surface area contributed by atoms with Crippen molar-refractivity contribution in [3.05, 3.63) is 65.9 Å². The van der Waals surface area contributed by atoms with Gasteiger partial charge in [0.1, 0.15) is 17.0 Å². The van der Waals surface area contributed by atoms with Gasteiger partial charge in [0.15, 0.2) is 5.82 Å². The molecule has 0 aliphatic heterocycles. The molecule has 0 unspecified atom stereocenters. The number of anilines is 1. The molecule has 0 saturated heterocycles. The van der Waals surface area contributed by atoms with E-state index in [2.05, 4.69) is 26.0 Å². The molecule has 0 radical (unpaired) electrons. The first kappa shape index (κ1) is 16.6. The Bertz CT molecular complexity index is 1100. The number of amides is 1. The lowest BCUT2D eigenvalue weighted by molar-refractivity contribution is 0.102. The minimum Gasteiger partial charge on any atom is -0.360 e. The maximum Gasteiger partial charge on any atom is 0.261 e. The van der Waals surface area contributed by atoms with Crippen LogP contribution < -0.4 is 5.32 Å². The van der Waals surface area contributed by atoms with Crippen molar-refractivity contribution in [3.8, 4) is 22.6 Å². The van der Waals surface area contributed by atoms with Gasteiger partial charge in [-0.2, -0.15) is 0 Å². The average molecular weight is 360 g/mol. The molecular weight excluding hydrogens is 344 g/mol. The average Bonchev–Trinajstić information content (AvgIpc) is 3.28. The van der Waals surface area contributed by atoms with Crippen molar-refractivity contribution in [3.63, 3.8) is 0 Å². The van der Waals surface area contributed by atoms with E-state index in [1.807, 2.05) is 48.5 Å². The molecule has 0 aliphatic carbocycles.